The molecule has 0 saturated carbocycles. The second-order valence-corrected chi connectivity index (χ2v) is 18.5. The minimum Gasteiger partial charge on any atom is -0.478 e. The molecule has 0 bridgehead atoms. The van der Waals surface area contributed by atoms with E-state index in [9.17, 15) is 0 Å². The van der Waals surface area contributed by atoms with E-state index in [2.05, 4.69) is 143 Å². The Bertz CT molecular complexity index is 1270. The summed E-state index contributed by atoms with van der Waals surface area (Å²) in [6.07, 6.45) is 6.55. The van der Waals surface area contributed by atoms with Crippen LogP contribution in [0.3, 0.4) is 0 Å². The van der Waals surface area contributed by atoms with E-state index in [1.807, 2.05) is 0 Å². The maximum atomic E-state index is 7.02. The van der Waals surface area contributed by atoms with Crippen LogP contribution >= 0.6 is 7.92 Å². The molecule has 38 heavy (non-hydrogen) atoms. The minimum absolute atomic E-state index is 0.0378. The van der Waals surface area contributed by atoms with Crippen molar-refractivity contribution in [2.45, 2.75) is 51.0 Å². The van der Waals surface area contributed by atoms with E-state index in [0.29, 0.717) is 6.61 Å². The van der Waals surface area contributed by atoms with E-state index in [4.69, 9.17) is 14.2 Å². The zero-order chi connectivity index (χ0) is 26.8. The number of rotatable bonds is 8. The molecule has 1 aliphatic carbocycles. The van der Waals surface area contributed by atoms with Crippen molar-refractivity contribution >= 4 is 32.7 Å². The average Bonchev–Trinajstić information content (AvgIpc) is 3.59. The molecule has 0 N–H and O–H groups in total. The van der Waals surface area contributed by atoms with Gasteiger partial charge in [-0.25, -0.2) is 4.99 Å². The Morgan fingerprint density at radius 1 is 0.868 bits per heavy atom. The highest BCUT2D eigenvalue weighted by Gasteiger charge is 2.43. The first-order valence-electron chi connectivity index (χ1n) is 13.5. The van der Waals surface area contributed by atoms with Gasteiger partial charge in [0, 0.05) is 0 Å². The van der Waals surface area contributed by atoms with E-state index in [-0.39, 0.29) is 23.1 Å². The smallest absolute Gasteiger partial charge is 0.195 e. The van der Waals surface area contributed by atoms with Crippen molar-refractivity contribution in [3.8, 4) is 0 Å². The molecular weight excluding hydrogens is 501 g/mol. The SMILES string of the molecule is CC(C)(C)[Si](C)(C)O[C@@H](c1ccccc1)[C@@H]1COC(C2C=CC=C2P(c2ccccc2)c2ccccc2)=N1. The molecule has 0 aromatic heterocycles. The lowest BCUT2D eigenvalue weighted by atomic mass is 10.0. The normalized spacial score (nSPS) is 20.3. The Kier molecular flexibility index (Phi) is 7.86. The molecule has 1 aliphatic heterocycles. The molecule has 5 heteroatoms. The summed E-state index contributed by atoms with van der Waals surface area (Å²) in [7, 11) is -2.74. The number of aliphatic imine (C=N–C) groups is 1. The molecule has 5 rings (SSSR count). The maximum absolute atomic E-state index is 7.02. The van der Waals surface area contributed by atoms with Crippen molar-refractivity contribution < 1.29 is 9.16 Å². The molecule has 3 nitrogen and oxygen atoms in total. The molecular formula is C33H38NO2PSi. The second-order valence-electron chi connectivity index (χ2n) is 11.5. The molecule has 1 heterocycles. The van der Waals surface area contributed by atoms with Crippen LogP contribution in [0.25, 0.3) is 0 Å². The lowest BCUT2D eigenvalue weighted by Crippen LogP contribution is -2.44. The van der Waals surface area contributed by atoms with Gasteiger partial charge < -0.3 is 9.16 Å². The van der Waals surface area contributed by atoms with Crippen LogP contribution in [0.5, 0.6) is 0 Å². The predicted molar refractivity (Wildman–Crippen MR) is 164 cm³/mol. The monoisotopic (exact) mass is 539 g/mol. The van der Waals surface area contributed by atoms with Crippen molar-refractivity contribution in [2.75, 3.05) is 6.61 Å². The number of ether oxygens (including phenoxy) is 1. The van der Waals surface area contributed by atoms with Crippen molar-refractivity contribution in [2.24, 2.45) is 10.9 Å². The molecule has 0 saturated heterocycles. The summed E-state index contributed by atoms with van der Waals surface area (Å²) in [5.41, 5.74) is 1.17. The van der Waals surface area contributed by atoms with Gasteiger partial charge >= 0.3 is 0 Å². The van der Waals surface area contributed by atoms with Gasteiger partial charge in [0.1, 0.15) is 12.6 Å². The molecule has 0 spiro atoms. The number of hydrogen-bond donors (Lipinski definition) is 0. The van der Waals surface area contributed by atoms with Gasteiger partial charge in [-0.05, 0) is 47.5 Å². The zero-order valence-electron chi connectivity index (χ0n) is 23.0. The highest BCUT2D eigenvalue weighted by molar-refractivity contribution is 7.76. The molecule has 0 amide bonds. The fraction of sp³-hybridized carbons (Fsp3) is 0.303. The van der Waals surface area contributed by atoms with Crippen molar-refractivity contribution in [3.63, 3.8) is 0 Å². The maximum Gasteiger partial charge on any atom is 0.195 e. The van der Waals surface area contributed by atoms with Gasteiger partial charge in [0.05, 0.1) is 12.0 Å². The van der Waals surface area contributed by atoms with Crippen LogP contribution < -0.4 is 10.6 Å². The Hall–Kier alpha value is -2.78. The first-order chi connectivity index (χ1) is 18.2. The lowest BCUT2D eigenvalue weighted by molar-refractivity contribution is 0.136. The van der Waals surface area contributed by atoms with Crippen LogP contribution in [-0.2, 0) is 9.16 Å². The first-order valence-corrected chi connectivity index (χ1v) is 17.7. The van der Waals surface area contributed by atoms with Gasteiger partial charge in [-0.1, -0.05) is 130 Å². The van der Waals surface area contributed by atoms with Gasteiger partial charge in [0.2, 0.25) is 0 Å². The minimum atomic E-state index is -2.04. The van der Waals surface area contributed by atoms with Crippen LogP contribution in [0, 0.1) is 5.92 Å². The summed E-state index contributed by atoms with van der Waals surface area (Å²) >= 11 is 0. The summed E-state index contributed by atoms with van der Waals surface area (Å²) in [5, 5.41) is 4.15. The topological polar surface area (TPSA) is 30.8 Å². The predicted octanol–water partition coefficient (Wildman–Crippen LogP) is 7.75. The molecule has 3 aromatic carbocycles. The van der Waals surface area contributed by atoms with E-state index in [0.717, 1.165) is 5.90 Å². The molecule has 2 aliphatic rings. The van der Waals surface area contributed by atoms with Crippen LogP contribution in [0.2, 0.25) is 18.1 Å². The molecule has 3 aromatic rings. The van der Waals surface area contributed by atoms with Gasteiger partial charge in [-0.15, -0.1) is 0 Å². The molecule has 1 unspecified atom stereocenters. The molecule has 0 fully saturated rings. The van der Waals surface area contributed by atoms with Gasteiger partial charge in [0.25, 0.3) is 0 Å². The summed E-state index contributed by atoms with van der Waals surface area (Å²) in [5.74, 6) is 0.852. The summed E-state index contributed by atoms with van der Waals surface area (Å²) in [6, 6.07) is 32.2. The Morgan fingerprint density at radius 3 is 1.97 bits per heavy atom. The summed E-state index contributed by atoms with van der Waals surface area (Å²) in [4.78, 5) is 5.24. The quantitative estimate of drug-likeness (QED) is 0.216. The Balaban J connectivity index is 1.47. The number of benzene rings is 3. The largest absolute Gasteiger partial charge is 0.478 e. The van der Waals surface area contributed by atoms with Crippen LogP contribution in [-0.4, -0.2) is 26.9 Å². The average molecular weight is 540 g/mol. The Morgan fingerprint density at radius 2 is 1.42 bits per heavy atom. The molecule has 196 valence electrons. The van der Waals surface area contributed by atoms with E-state index >= 15 is 0 Å². The summed E-state index contributed by atoms with van der Waals surface area (Å²) in [6.45, 7) is 12.0. The molecule has 3 atom stereocenters. The third-order valence-electron chi connectivity index (χ3n) is 7.84. The van der Waals surface area contributed by atoms with Crippen LogP contribution in [0.1, 0.15) is 32.4 Å². The van der Waals surface area contributed by atoms with Crippen LogP contribution in [0.15, 0.2) is 120 Å². The number of allylic oxidation sites excluding steroid dienone is 2. The van der Waals surface area contributed by atoms with Crippen molar-refractivity contribution in [1.82, 2.24) is 0 Å². The third-order valence-corrected chi connectivity index (χ3v) is 14.9. The number of nitrogens with zero attached hydrogens (tertiary/aromatic N) is 1. The van der Waals surface area contributed by atoms with Crippen molar-refractivity contribution in [1.29, 1.82) is 0 Å². The van der Waals surface area contributed by atoms with E-state index < -0.39 is 16.2 Å². The standard InChI is InChI=1S/C33H38NO2PSi/c1-33(2,3)38(4,5)36-31(25-16-9-6-10-17-25)29-24-35-32(34-29)28-22-15-23-30(28)37(26-18-11-7-12-19-26)27-20-13-8-14-21-27/h6-23,28-29,31H,24H2,1-5H3/t28?,29-,31-/m0/s1. The summed E-state index contributed by atoms with van der Waals surface area (Å²) < 4.78 is 13.4. The lowest BCUT2D eigenvalue weighted by Gasteiger charge is -2.40. The second kappa shape index (κ2) is 11.1. The molecule has 0 radical (unpaired) electrons. The highest BCUT2D eigenvalue weighted by atomic mass is 31.1. The fourth-order valence-electron chi connectivity index (χ4n) is 4.73. The fourth-order valence-corrected chi connectivity index (χ4v) is 8.56. The number of hydrogen-bond acceptors (Lipinski definition) is 3. The van der Waals surface area contributed by atoms with E-state index in [1.165, 1.54) is 21.5 Å². The van der Waals surface area contributed by atoms with Crippen molar-refractivity contribution in [3.05, 3.63) is 120 Å². The van der Waals surface area contributed by atoms with E-state index in [1.54, 1.807) is 0 Å². The highest BCUT2D eigenvalue weighted by Crippen LogP contribution is 2.50. The van der Waals surface area contributed by atoms with Gasteiger partial charge in [0.15, 0.2) is 14.2 Å². The van der Waals surface area contributed by atoms with Gasteiger partial charge in [-0.2, -0.15) is 0 Å². The van der Waals surface area contributed by atoms with Crippen LogP contribution in [0.4, 0.5) is 0 Å². The first kappa shape index (κ1) is 26.8. The third kappa shape index (κ3) is 5.64. The Labute approximate surface area is 230 Å². The van der Waals surface area contributed by atoms with Gasteiger partial charge in [-0.3, -0.25) is 0 Å². The zero-order valence-corrected chi connectivity index (χ0v) is 24.9.